The fourth-order valence-electron chi connectivity index (χ4n) is 2.97. The van der Waals surface area contributed by atoms with Crippen LogP contribution in [0.25, 0.3) is 0 Å². The molecule has 0 fully saturated rings. The molecule has 0 spiro atoms. The van der Waals surface area contributed by atoms with E-state index in [9.17, 15) is 4.79 Å². The lowest BCUT2D eigenvalue weighted by Gasteiger charge is -2.36. The van der Waals surface area contributed by atoms with Gasteiger partial charge in [0.15, 0.2) is 0 Å². The van der Waals surface area contributed by atoms with Gasteiger partial charge in [-0.3, -0.25) is 0 Å². The number of Topliss-reactive ketones (excluding diaryl/α,β-unsaturated/α-hetero) is 1. The van der Waals surface area contributed by atoms with Gasteiger partial charge >= 0.3 is 0 Å². The second-order valence-electron chi connectivity index (χ2n) is 6.82. The number of benzene rings is 1. The maximum atomic E-state index is 11.0. The van der Waals surface area contributed by atoms with Crippen molar-refractivity contribution < 1.29 is 14.3 Å². The molecule has 2 rings (SSSR count). The van der Waals surface area contributed by atoms with Gasteiger partial charge in [0, 0.05) is 6.42 Å². The Hall–Kier alpha value is -1.77. The van der Waals surface area contributed by atoms with Crippen LogP contribution in [0.4, 0.5) is 0 Å². The van der Waals surface area contributed by atoms with E-state index in [1.807, 2.05) is 12.1 Å². The highest BCUT2D eigenvalue weighted by atomic mass is 16.5. The van der Waals surface area contributed by atoms with Gasteiger partial charge < -0.3 is 14.3 Å². The number of carbonyl (C=O) groups excluding carboxylic acids is 1. The molecule has 0 saturated carbocycles. The molecule has 1 heterocycles. The van der Waals surface area contributed by atoms with Crippen LogP contribution in [-0.4, -0.2) is 18.5 Å². The van der Waals surface area contributed by atoms with Crippen molar-refractivity contribution in [3.05, 3.63) is 35.4 Å². The Labute approximate surface area is 139 Å². The molecule has 1 aliphatic heterocycles. The Morgan fingerprint density at radius 3 is 2.83 bits per heavy atom. The first-order valence-electron chi connectivity index (χ1n) is 8.43. The zero-order valence-corrected chi connectivity index (χ0v) is 14.8. The summed E-state index contributed by atoms with van der Waals surface area (Å²) in [5, 5.41) is 0. The second kappa shape index (κ2) is 7.67. The summed E-state index contributed by atoms with van der Waals surface area (Å²) in [7, 11) is 1.69. The minimum Gasteiger partial charge on any atom is -0.497 e. The number of fused-ring (bicyclic) bond motifs is 1. The van der Waals surface area contributed by atoms with Crippen molar-refractivity contribution in [1.29, 1.82) is 0 Å². The molecule has 3 nitrogen and oxygen atoms in total. The van der Waals surface area contributed by atoms with Crippen LogP contribution in [0.3, 0.4) is 0 Å². The van der Waals surface area contributed by atoms with Crippen molar-refractivity contribution in [2.24, 2.45) is 0 Å². The molecular weight excluding hydrogens is 288 g/mol. The van der Waals surface area contributed by atoms with E-state index in [0.717, 1.165) is 43.6 Å². The van der Waals surface area contributed by atoms with Gasteiger partial charge in [-0.05, 0) is 76.6 Å². The molecule has 0 amide bonds. The van der Waals surface area contributed by atoms with Gasteiger partial charge in [0.05, 0.1) is 7.11 Å². The monoisotopic (exact) mass is 316 g/mol. The van der Waals surface area contributed by atoms with E-state index in [-0.39, 0.29) is 11.4 Å². The largest absolute Gasteiger partial charge is 0.497 e. The number of ketones is 1. The molecule has 126 valence electrons. The van der Waals surface area contributed by atoms with Gasteiger partial charge in [0.2, 0.25) is 0 Å². The maximum absolute atomic E-state index is 11.0. The summed E-state index contributed by atoms with van der Waals surface area (Å²) in [5.74, 6) is 2.13. The number of aryl methyl sites for hydroxylation is 1. The third kappa shape index (κ3) is 5.12. The molecule has 1 aliphatic rings. The minimum atomic E-state index is -0.112. The summed E-state index contributed by atoms with van der Waals surface area (Å²) in [4.78, 5) is 11.0. The molecule has 0 saturated heterocycles. The fourth-order valence-corrected chi connectivity index (χ4v) is 2.97. The van der Waals surface area contributed by atoms with Crippen molar-refractivity contribution in [3.63, 3.8) is 0 Å². The highest BCUT2D eigenvalue weighted by Crippen LogP contribution is 2.37. The predicted molar refractivity (Wildman–Crippen MR) is 93.3 cm³/mol. The molecule has 0 aliphatic carbocycles. The van der Waals surface area contributed by atoms with E-state index in [1.54, 1.807) is 14.0 Å². The van der Waals surface area contributed by atoms with Gasteiger partial charge in [0.25, 0.3) is 0 Å². The summed E-state index contributed by atoms with van der Waals surface area (Å²) in [6.07, 6.45) is 7.80. The first-order chi connectivity index (χ1) is 10.9. The molecule has 23 heavy (non-hydrogen) atoms. The number of ether oxygens (including phenoxy) is 2. The van der Waals surface area contributed by atoms with Crippen molar-refractivity contribution in [2.75, 3.05) is 7.11 Å². The van der Waals surface area contributed by atoms with E-state index in [1.165, 1.54) is 11.1 Å². The number of hydrogen-bond donors (Lipinski definition) is 0. The summed E-state index contributed by atoms with van der Waals surface area (Å²) in [6.45, 7) is 5.95. The van der Waals surface area contributed by atoms with Gasteiger partial charge in [-0.2, -0.15) is 0 Å². The third-order valence-electron chi connectivity index (χ3n) is 4.58. The van der Waals surface area contributed by atoms with E-state index in [0.29, 0.717) is 6.42 Å². The number of hydrogen-bond acceptors (Lipinski definition) is 3. The topological polar surface area (TPSA) is 35.5 Å². The van der Waals surface area contributed by atoms with Crippen LogP contribution in [0, 0.1) is 0 Å². The third-order valence-corrected chi connectivity index (χ3v) is 4.58. The molecule has 0 bridgehead atoms. The zero-order valence-electron chi connectivity index (χ0n) is 14.8. The fraction of sp³-hybridized carbons (Fsp3) is 0.550. The smallest absolute Gasteiger partial charge is 0.130 e. The Morgan fingerprint density at radius 2 is 2.13 bits per heavy atom. The molecule has 3 heteroatoms. The van der Waals surface area contributed by atoms with Crippen molar-refractivity contribution >= 4 is 5.78 Å². The number of allylic oxidation sites excluding steroid dienone is 2. The maximum Gasteiger partial charge on any atom is 0.130 e. The standard InChI is InChI=1S/C20H28O3/c1-15(7-8-16(2)21)6-5-12-20(3)13-11-17-14-18(22-4)9-10-19(17)23-20/h6,9-10,14H,5,7-8,11-13H2,1-4H3/b15-6+. The lowest BCUT2D eigenvalue weighted by atomic mass is 9.88. The van der Waals surface area contributed by atoms with Crippen LogP contribution in [0.5, 0.6) is 11.5 Å². The zero-order chi connectivity index (χ0) is 16.9. The number of carbonyl (C=O) groups is 1. The van der Waals surface area contributed by atoms with E-state index < -0.39 is 0 Å². The molecule has 1 aromatic carbocycles. The SMILES string of the molecule is COc1ccc2c(c1)CCC(C)(CC/C=C(\C)CCC(C)=O)O2. The van der Waals surface area contributed by atoms with Crippen LogP contribution < -0.4 is 9.47 Å². The molecule has 1 unspecified atom stereocenters. The van der Waals surface area contributed by atoms with Crippen molar-refractivity contribution in [2.45, 2.75) is 64.9 Å². The van der Waals surface area contributed by atoms with Gasteiger partial charge in [-0.1, -0.05) is 11.6 Å². The Bertz CT molecular complexity index is 589. The molecule has 0 aromatic heterocycles. The first kappa shape index (κ1) is 17.6. The summed E-state index contributed by atoms with van der Waals surface area (Å²) in [6, 6.07) is 6.04. The minimum absolute atomic E-state index is 0.112. The Morgan fingerprint density at radius 1 is 1.35 bits per heavy atom. The highest BCUT2D eigenvalue weighted by molar-refractivity contribution is 5.75. The van der Waals surface area contributed by atoms with Crippen molar-refractivity contribution in [1.82, 2.24) is 0 Å². The first-order valence-corrected chi connectivity index (χ1v) is 8.43. The molecule has 1 aromatic rings. The lowest BCUT2D eigenvalue weighted by Crippen LogP contribution is -2.36. The van der Waals surface area contributed by atoms with E-state index >= 15 is 0 Å². The Balaban J connectivity index is 1.90. The van der Waals surface area contributed by atoms with Crippen LogP contribution in [-0.2, 0) is 11.2 Å². The van der Waals surface area contributed by atoms with Crippen LogP contribution >= 0.6 is 0 Å². The van der Waals surface area contributed by atoms with E-state index in [2.05, 4.69) is 26.0 Å². The second-order valence-corrected chi connectivity index (χ2v) is 6.82. The van der Waals surface area contributed by atoms with E-state index in [4.69, 9.17) is 9.47 Å². The normalized spacial score (nSPS) is 20.6. The van der Waals surface area contributed by atoms with Gasteiger partial charge in [-0.15, -0.1) is 0 Å². The summed E-state index contributed by atoms with van der Waals surface area (Å²) >= 11 is 0. The van der Waals surface area contributed by atoms with Gasteiger partial charge in [-0.25, -0.2) is 0 Å². The highest BCUT2D eigenvalue weighted by Gasteiger charge is 2.30. The molecule has 0 N–H and O–H groups in total. The van der Waals surface area contributed by atoms with Gasteiger partial charge in [0.1, 0.15) is 22.9 Å². The van der Waals surface area contributed by atoms with Crippen LogP contribution in [0.1, 0.15) is 58.4 Å². The molecule has 1 atom stereocenters. The van der Waals surface area contributed by atoms with Crippen LogP contribution in [0.2, 0.25) is 0 Å². The van der Waals surface area contributed by atoms with Crippen LogP contribution in [0.15, 0.2) is 29.8 Å². The quantitative estimate of drug-likeness (QED) is 0.673. The predicted octanol–water partition coefficient (Wildman–Crippen LogP) is 4.87. The number of rotatable bonds is 7. The lowest BCUT2D eigenvalue weighted by molar-refractivity contribution is -0.116. The average molecular weight is 316 g/mol. The molecule has 0 radical (unpaired) electrons. The van der Waals surface area contributed by atoms with Crippen molar-refractivity contribution in [3.8, 4) is 11.5 Å². The average Bonchev–Trinajstić information content (AvgIpc) is 2.52. The summed E-state index contributed by atoms with van der Waals surface area (Å²) < 4.78 is 11.5. The number of methoxy groups -OCH3 is 1. The Kier molecular flexibility index (Phi) is 5.86. The molecular formula is C20H28O3. The summed E-state index contributed by atoms with van der Waals surface area (Å²) in [5.41, 5.74) is 2.42.